The molecule has 4 rings (SSSR count). The zero-order valence-corrected chi connectivity index (χ0v) is 10.8. The van der Waals surface area contributed by atoms with E-state index in [0.717, 1.165) is 12.5 Å². The molecule has 0 spiro atoms. The van der Waals surface area contributed by atoms with Crippen molar-refractivity contribution in [2.24, 2.45) is 5.92 Å². The monoisotopic (exact) mass is 246 g/mol. The molecule has 98 valence electrons. The van der Waals surface area contributed by atoms with E-state index in [1.54, 1.807) is 0 Å². The molecule has 18 heavy (non-hydrogen) atoms. The SMILES string of the molecule is OC[C@H](NC1CN2CCC1CC2)c1ccccc1. The van der Waals surface area contributed by atoms with Gasteiger partial charge in [-0.2, -0.15) is 0 Å². The van der Waals surface area contributed by atoms with Gasteiger partial charge in [-0.15, -0.1) is 0 Å². The van der Waals surface area contributed by atoms with Crippen LogP contribution in [0.15, 0.2) is 30.3 Å². The number of hydrogen-bond acceptors (Lipinski definition) is 3. The lowest BCUT2D eigenvalue weighted by atomic mass is 9.83. The molecule has 1 aromatic carbocycles. The number of hydrogen-bond donors (Lipinski definition) is 2. The van der Waals surface area contributed by atoms with Gasteiger partial charge in [0.15, 0.2) is 0 Å². The fourth-order valence-electron chi connectivity index (χ4n) is 3.35. The first-order valence-electron chi connectivity index (χ1n) is 7.01. The molecule has 0 radical (unpaired) electrons. The van der Waals surface area contributed by atoms with E-state index in [0.29, 0.717) is 6.04 Å². The summed E-state index contributed by atoms with van der Waals surface area (Å²) in [6.45, 7) is 3.84. The van der Waals surface area contributed by atoms with Crippen LogP contribution in [-0.2, 0) is 0 Å². The Bertz CT molecular complexity index is 373. The molecule has 3 fully saturated rings. The molecule has 0 aromatic heterocycles. The Hall–Kier alpha value is -0.900. The maximum atomic E-state index is 9.60. The van der Waals surface area contributed by atoms with E-state index in [4.69, 9.17) is 0 Å². The highest BCUT2D eigenvalue weighted by atomic mass is 16.3. The van der Waals surface area contributed by atoms with Crippen molar-refractivity contribution < 1.29 is 5.11 Å². The lowest BCUT2D eigenvalue weighted by Gasteiger charge is -2.46. The van der Waals surface area contributed by atoms with Gasteiger partial charge in [0.1, 0.15) is 0 Å². The topological polar surface area (TPSA) is 35.5 Å². The molecule has 3 heterocycles. The summed E-state index contributed by atoms with van der Waals surface area (Å²) in [5.41, 5.74) is 1.19. The Morgan fingerprint density at radius 3 is 2.50 bits per heavy atom. The van der Waals surface area contributed by atoms with Gasteiger partial charge in [0.25, 0.3) is 0 Å². The van der Waals surface area contributed by atoms with Crippen LogP contribution >= 0.6 is 0 Å². The number of aliphatic hydroxyl groups excluding tert-OH is 1. The number of aliphatic hydroxyl groups is 1. The standard InChI is InChI=1S/C15H22N2O/c18-11-15(12-4-2-1-3-5-12)16-14-10-17-8-6-13(14)7-9-17/h1-5,13-16,18H,6-11H2/t14?,15-/m0/s1. The second-order valence-electron chi connectivity index (χ2n) is 5.56. The lowest BCUT2D eigenvalue weighted by Crippen LogP contribution is -2.56. The highest BCUT2D eigenvalue weighted by Crippen LogP contribution is 2.29. The Balaban J connectivity index is 1.67. The van der Waals surface area contributed by atoms with Gasteiger partial charge < -0.3 is 15.3 Å². The van der Waals surface area contributed by atoms with Crippen molar-refractivity contribution in [3.8, 4) is 0 Å². The van der Waals surface area contributed by atoms with Crippen molar-refractivity contribution in [3.63, 3.8) is 0 Å². The van der Waals surface area contributed by atoms with Crippen molar-refractivity contribution >= 4 is 0 Å². The first-order chi connectivity index (χ1) is 8.86. The minimum absolute atomic E-state index is 0.0803. The van der Waals surface area contributed by atoms with E-state index in [1.807, 2.05) is 18.2 Å². The molecule has 2 bridgehead atoms. The Morgan fingerprint density at radius 1 is 1.22 bits per heavy atom. The Labute approximate surface area is 109 Å². The molecule has 2 N–H and O–H groups in total. The first-order valence-corrected chi connectivity index (χ1v) is 7.01. The van der Waals surface area contributed by atoms with Crippen LogP contribution in [0.2, 0.25) is 0 Å². The van der Waals surface area contributed by atoms with Crippen molar-refractivity contribution in [2.75, 3.05) is 26.2 Å². The quantitative estimate of drug-likeness (QED) is 0.843. The van der Waals surface area contributed by atoms with Crippen LogP contribution in [-0.4, -0.2) is 42.3 Å². The fraction of sp³-hybridized carbons (Fsp3) is 0.600. The molecule has 3 nitrogen and oxygen atoms in total. The summed E-state index contributed by atoms with van der Waals surface area (Å²) in [6.07, 6.45) is 2.62. The van der Waals surface area contributed by atoms with Crippen molar-refractivity contribution in [1.29, 1.82) is 0 Å². The molecule has 3 saturated heterocycles. The number of benzene rings is 1. The van der Waals surface area contributed by atoms with Crippen molar-refractivity contribution in [1.82, 2.24) is 10.2 Å². The van der Waals surface area contributed by atoms with E-state index in [2.05, 4.69) is 22.3 Å². The van der Waals surface area contributed by atoms with Gasteiger partial charge in [-0.05, 0) is 37.4 Å². The number of nitrogens with one attached hydrogen (secondary N) is 1. The average molecular weight is 246 g/mol. The third kappa shape index (κ3) is 2.44. The predicted molar refractivity (Wildman–Crippen MR) is 72.4 cm³/mol. The Kier molecular flexibility index (Phi) is 3.64. The second kappa shape index (κ2) is 5.39. The highest BCUT2D eigenvalue weighted by Gasteiger charge is 2.34. The maximum Gasteiger partial charge on any atom is 0.0626 e. The van der Waals surface area contributed by atoms with Crippen molar-refractivity contribution in [2.45, 2.75) is 24.9 Å². The second-order valence-corrected chi connectivity index (χ2v) is 5.56. The minimum Gasteiger partial charge on any atom is -0.394 e. The number of nitrogens with zero attached hydrogens (tertiary/aromatic N) is 1. The predicted octanol–water partition coefficient (Wildman–Crippen LogP) is 1.40. The lowest BCUT2D eigenvalue weighted by molar-refractivity contribution is 0.0615. The summed E-state index contributed by atoms with van der Waals surface area (Å²) < 4.78 is 0. The van der Waals surface area contributed by atoms with Crippen LogP contribution in [0.5, 0.6) is 0 Å². The molecule has 3 aliphatic rings. The zero-order valence-electron chi connectivity index (χ0n) is 10.8. The van der Waals surface area contributed by atoms with Gasteiger partial charge in [-0.3, -0.25) is 0 Å². The van der Waals surface area contributed by atoms with E-state index in [-0.39, 0.29) is 12.6 Å². The summed E-state index contributed by atoms with van der Waals surface area (Å²) in [6, 6.07) is 10.9. The number of fused-ring (bicyclic) bond motifs is 3. The third-order valence-corrected chi connectivity index (χ3v) is 4.46. The van der Waals surface area contributed by atoms with Crippen LogP contribution < -0.4 is 5.32 Å². The van der Waals surface area contributed by atoms with Crippen LogP contribution in [0, 0.1) is 5.92 Å². The smallest absolute Gasteiger partial charge is 0.0626 e. The molecule has 3 aliphatic heterocycles. The summed E-state index contributed by atoms with van der Waals surface area (Å²) >= 11 is 0. The van der Waals surface area contributed by atoms with Gasteiger partial charge in [-0.1, -0.05) is 30.3 Å². The molecular formula is C15H22N2O. The van der Waals surface area contributed by atoms with Crippen LogP contribution in [0.1, 0.15) is 24.4 Å². The molecule has 3 heteroatoms. The van der Waals surface area contributed by atoms with E-state index < -0.39 is 0 Å². The van der Waals surface area contributed by atoms with E-state index in [1.165, 1.54) is 31.5 Å². The van der Waals surface area contributed by atoms with E-state index >= 15 is 0 Å². The molecule has 1 unspecified atom stereocenters. The molecule has 1 aromatic rings. The third-order valence-electron chi connectivity index (χ3n) is 4.46. The molecule has 0 aliphatic carbocycles. The number of piperidine rings is 3. The highest BCUT2D eigenvalue weighted by molar-refractivity contribution is 5.19. The molecule has 0 amide bonds. The zero-order chi connectivity index (χ0) is 12.4. The first kappa shape index (κ1) is 12.2. The van der Waals surface area contributed by atoms with Gasteiger partial charge in [0.2, 0.25) is 0 Å². The largest absolute Gasteiger partial charge is 0.394 e. The summed E-state index contributed by atoms with van der Waals surface area (Å²) in [5, 5.41) is 13.3. The van der Waals surface area contributed by atoms with E-state index in [9.17, 15) is 5.11 Å². The molecule has 2 atom stereocenters. The molecule has 0 saturated carbocycles. The normalized spacial score (nSPS) is 32.4. The average Bonchev–Trinajstić information content (AvgIpc) is 2.47. The van der Waals surface area contributed by atoms with Gasteiger partial charge in [0, 0.05) is 12.6 Å². The fourth-order valence-corrected chi connectivity index (χ4v) is 3.35. The van der Waals surface area contributed by atoms with Gasteiger partial charge in [-0.25, -0.2) is 0 Å². The van der Waals surface area contributed by atoms with Gasteiger partial charge >= 0.3 is 0 Å². The number of rotatable bonds is 4. The summed E-state index contributed by atoms with van der Waals surface area (Å²) in [7, 11) is 0. The molecular weight excluding hydrogens is 224 g/mol. The Morgan fingerprint density at radius 2 is 1.94 bits per heavy atom. The van der Waals surface area contributed by atoms with Crippen LogP contribution in [0.4, 0.5) is 0 Å². The minimum atomic E-state index is 0.0803. The summed E-state index contributed by atoms with van der Waals surface area (Å²) in [5.74, 6) is 0.799. The van der Waals surface area contributed by atoms with Crippen molar-refractivity contribution in [3.05, 3.63) is 35.9 Å². The van der Waals surface area contributed by atoms with Gasteiger partial charge in [0.05, 0.1) is 12.6 Å². The summed E-state index contributed by atoms with van der Waals surface area (Å²) in [4.78, 5) is 2.54. The van der Waals surface area contributed by atoms with Crippen LogP contribution in [0.25, 0.3) is 0 Å². The van der Waals surface area contributed by atoms with Crippen LogP contribution in [0.3, 0.4) is 0 Å². The maximum absolute atomic E-state index is 9.60.